The van der Waals surface area contributed by atoms with Crippen LogP contribution in [-0.4, -0.2) is 14.8 Å². The van der Waals surface area contributed by atoms with Gasteiger partial charge in [0.1, 0.15) is 12.1 Å². The van der Waals surface area contributed by atoms with Crippen LogP contribution in [0.25, 0.3) is 10.9 Å². The maximum absolute atomic E-state index is 5.94. The minimum atomic E-state index is 0.504. The normalized spacial score (nSPS) is 11.0. The third-order valence-electron chi connectivity index (χ3n) is 4.20. The zero-order chi connectivity index (χ0) is 15.0. The molecule has 108 valence electrons. The maximum atomic E-state index is 5.94. The van der Waals surface area contributed by atoms with Crippen molar-refractivity contribution in [3.63, 3.8) is 0 Å². The Morgan fingerprint density at radius 2 is 1.90 bits per heavy atom. The van der Waals surface area contributed by atoms with E-state index in [1.807, 2.05) is 19.2 Å². The third-order valence-corrected chi connectivity index (χ3v) is 4.20. The van der Waals surface area contributed by atoms with Crippen molar-refractivity contribution >= 4 is 10.9 Å². The molecule has 4 heteroatoms. The number of fused-ring (bicyclic) bond motifs is 1. The Morgan fingerprint density at radius 1 is 1.14 bits per heavy atom. The molecule has 0 amide bonds. The molecule has 2 aromatic heterocycles. The van der Waals surface area contributed by atoms with Gasteiger partial charge in [0.25, 0.3) is 5.88 Å². The standard InChI is InChI=1S/C17H19N3O/c1-11-7-5-6-8-14(11)10-21-17-16-15(9-18-19-17)12(2)13(3)20(16)4/h5-9H,10H2,1-4H3. The number of aromatic nitrogens is 3. The van der Waals surface area contributed by atoms with Gasteiger partial charge in [-0.3, -0.25) is 0 Å². The summed E-state index contributed by atoms with van der Waals surface area (Å²) >= 11 is 0. The van der Waals surface area contributed by atoms with E-state index in [1.165, 1.54) is 22.4 Å². The first-order valence-corrected chi connectivity index (χ1v) is 7.04. The van der Waals surface area contributed by atoms with Crippen molar-refractivity contribution in [1.29, 1.82) is 0 Å². The topological polar surface area (TPSA) is 39.9 Å². The third kappa shape index (κ3) is 2.27. The Bertz CT molecular complexity index is 805. The lowest BCUT2D eigenvalue weighted by molar-refractivity contribution is 0.292. The monoisotopic (exact) mass is 281 g/mol. The van der Waals surface area contributed by atoms with Crippen molar-refractivity contribution in [2.24, 2.45) is 7.05 Å². The molecule has 0 aliphatic rings. The van der Waals surface area contributed by atoms with E-state index in [4.69, 9.17) is 4.74 Å². The molecule has 0 fully saturated rings. The van der Waals surface area contributed by atoms with E-state index in [0.717, 1.165) is 10.9 Å². The molecule has 21 heavy (non-hydrogen) atoms. The summed E-state index contributed by atoms with van der Waals surface area (Å²) in [5, 5.41) is 9.35. The first-order chi connectivity index (χ1) is 10.1. The van der Waals surface area contributed by atoms with Gasteiger partial charge in [-0.1, -0.05) is 24.3 Å². The predicted molar refractivity (Wildman–Crippen MR) is 83.5 cm³/mol. The molecule has 0 radical (unpaired) electrons. The lowest BCUT2D eigenvalue weighted by atomic mass is 10.1. The van der Waals surface area contributed by atoms with Gasteiger partial charge in [0.2, 0.25) is 0 Å². The van der Waals surface area contributed by atoms with Gasteiger partial charge >= 0.3 is 0 Å². The molecule has 0 saturated carbocycles. The quantitative estimate of drug-likeness (QED) is 0.738. The van der Waals surface area contributed by atoms with Gasteiger partial charge in [0.05, 0.1) is 6.20 Å². The number of nitrogens with zero attached hydrogens (tertiary/aromatic N) is 3. The number of ether oxygens (including phenoxy) is 1. The molecule has 0 spiro atoms. The van der Waals surface area contributed by atoms with E-state index in [9.17, 15) is 0 Å². The maximum Gasteiger partial charge on any atom is 0.258 e. The second-order valence-corrected chi connectivity index (χ2v) is 5.40. The average Bonchev–Trinajstić information content (AvgIpc) is 2.72. The first-order valence-electron chi connectivity index (χ1n) is 7.04. The molecule has 3 rings (SSSR count). The van der Waals surface area contributed by atoms with Crippen molar-refractivity contribution in [2.45, 2.75) is 27.4 Å². The average molecular weight is 281 g/mol. The van der Waals surface area contributed by atoms with Gasteiger partial charge in [-0.25, -0.2) is 0 Å². The van der Waals surface area contributed by atoms with Crippen molar-refractivity contribution in [3.05, 3.63) is 52.8 Å². The van der Waals surface area contributed by atoms with Gasteiger partial charge < -0.3 is 9.30 Å². The highest BCUT2D eigenvalue weighted by Crippen LogP contribution is 2.29. The molecular weight excluding hydrogens is 262 g/mol. The van der Waals surface area contributed by atoms with E-state index in [0.29, 0.717) is 12.5 Å². The molecular formula is C17H19N3O. The van der Waals surface area contributed by atoms with Crippen molar-refractivity contribution in [3.8, 4) is 5.88 Å². The zero-order valence-corrected chi connectivity index (χ0v) is 12.8. The Labute approximate surface area is 124 Å². The Morgan fingerprint density at radius 3 is 2.67 bits per heavy atom. The highest BCUT2D eigenvalue weighted by molar-refractivity contribution is 5.87. The fourth-order valence-electron chi connectivity index (χ4n) is 2.59. The summed E-state index contributed by atoms with van der Waals surface area (Å²) < 4.78 is 8.06. The van der Waals surface area contributed by atoms with Crippen molar-refractivity contribution in [1.82, 2.24) is 14.8 Å². The molecule has 0 unspecified atom stereocenters. The molecule has 0 bridgehead atoms. The van der Waals surface area contributed by atoms with E-state index in [2.05, 4.69) is 47.7 Å². The van der Waals surface area contributed by atoms with Crippen LogP contribution >= 0.6 is 0 Å². The SMILES string of the molecule is Cc1ccccc1COc1nncc2c(C)c(C)n(C)c12. The van der Waals surface area contributed by atoms with E-state index in [1.54, 1.807) is 6.20 Å². The molecule has 1 aromatic carbocycles. The largest absolute Gasteiger partial charge is 0.470 e. The Balaban J connectivity index is 1.98. The summed E-state index contributed by atoms with van der Waals surface area (Å²) in [7, 11) is 2.03. The van der Waals surface area contributed by atoms with E-state index < -0.39 is 0 Å². The molecule has 4 nitrogen and oxygen atoms in total. The van der Waals surface area contributed by atoms with Crippen LogP contribution < -0.4 is 4.74 Å². The number of benzene rings is 1. The summed E-state index contributed by atoms with van der Waals surface area (Å²) in [5.41, 5.74) is 5.83. The molecule has 0 N–H and O–H groups in total. The fraction of sp³-hybridized carbons (Fsp3) is 0.294. The Hall–Kier alpha value is -2.36. The molecule has 0 aliphatic heterocycles. The van der Waals surface area contributed by atoms with Crippen LogP contribution in [0.2, 0.25) is 0 Å². The van der Waals surface area contributed by atoms with E-state index in [-0.39, 0.29) is 0 Å². The van der Waals surface area contributed by atoms with Crippen LogP contribution in [0.4, 0.5) is 0 Å². The number of hydrogen-bond donors (Lipinski definition) is 0. The van der Waals surface area contributed by atoms with Crippen LogP contribution in [0.1, 0.15) is 22.4 Å². The van der Waals surface area contributed by atoms with Gasteiger partial charge in [-0.05, 0) is 37.5 Å². The lowest BCUT2D eigenvalue weighted by Gasteiger charge is -2.09. The fourth-order valence-corrected chi connectivity index (χ4v) is 2.59. The van der Waals surface area contributed by atoms with Crippen molar-refractivity contribution < 1.29 is 4.74 Å². The van der Waals surface area contributed by atoms with Crippen LogP contribution in [0.3, 0.4) is 0 Å². The smallest absolute Gasteiger partial charge is 0.258 e. The summed E-state index contributed by atoms with van der Waals surface area (Å²) in [5.74, 6) is 0.592. The second-order valence-electron chi connectivity index (χ2n) is 5.40. The molecule has 0 saturated heterocycles. The summed E-state index contributed by atoms with van der Waals surface area (Å²) in [6, 6.07) is 8.21. The number of hydrogen-bond acceptors (Lipinski definition) is 3. The zero-order valence-electron chi connectivity index (χ0n) is 12.8. The van der Waals surface area contributed by atoms with E-state index >= 15 is 0 Å². The molecule has 2 heterocycles. The minimum absolute atomic E-state index is 0.504. The highest BCUT2D eigenvalue weighted by Gasteiger charge is 2.14. The van der Waals surface area contributed by atoms with Crippen LogP contribution in [0.5, 0.6) is 5.88 Å². The highest BCUT2D eigenvalue weighted by atomic mass is 16.5. The molecule has 0 atom stereocenters. The summed E-state index contributed by atoms with van der Waals surface area (Å²) in [6.45, 7) is 6.79. The van der Waals surface area contributed by atoms with Gasteiger partial charge in [-0.2, -0.15) is 5.10 Å². The van der Waals surface area contributed by atoms with Crippen LogP contribution in [0, 0.1) is 20.8 Å². The first kappa shape index (κ1) is 13.6. The number of rotatable bonds is 3. The van der Waals surface area contributed by atoms with Crippen LogP contribution in [-0.2, 0) is 13.7 Å². The predicted octanol–water partition coefficient (Wildman–Crippen LogP) is 3.47. The second kappa shape index (κ2) is 5.20. The Kier molecular flexibility index (Phi) is 3.37. The minimum Gasteiger partial charge on any atom is -0.470 e. The summed E-state index contributed by atoms with van der Waals surface area (Å²) in [6.07, 6.45) is 1.80. The van der Waals surface area contributed by atoms with Crippen molar-refractivity contribution in [2.75, 3.05) is 0 Å². The van der Waals surface area contributed by atoms with Crippen LogP contribution in [0.15, 0.2) is 30.5 Å². The number of aryl methyl sites for hydroxylation is 3. The molecule has 3 aromatic rings. The molecule has 0 aliphatic carbocycles. The van der Waals surface area contributed by atoms with Gasteiger partial charge in [0.15, 0.2) is 0 Å². The van der Waals surface area contributed by atoms with Gasteiger partial charge in [0, 0.05) is 18.1 Å². The summed E-state index contributed by atoms with van der Waals surface area (Å²) in [4.78, 5) is 0. The van der Waals surface area contributed by atoms with Gasteiger partial charge in [-0.15, -0.1) is 5.10 Å². The lowest BCUT2D eigenvalue weighted by Crippen LogP contribution is -2.02.